The van der Waals surface area contributed by atoms with Crippen LogP contribution in [0.5, 0.6) is 0 Å². The Morgan fingerprint density at radius 2 is 0.701 bits per heavy atom. The van der Waals surface area contributed by atoms with Crippen LogP contribution in [0.15, 0.2) is 48.6 Å². The first-order valence-corrected chi connectivity index (χ1v) is 34.3. The highest BCUT2D eigenvalue weighted by molar-refractivity contribution is 7.45. The van der Waals surface area contributed by atoms with E-state index < -0.39 is 26.5 Å². The van der Waals surface area contributed by atoms with E-state index in [9.17, 15) is 19.0 Å². The molecule has 0 aromatic heterocycles. The number of likely N-dealkylation sites (N-methyl/N-ethyl adjacent to an activating group) is 1. The number of carbonyl (C=O) groups excluding carboxylic acids is 2. The Morgan fingerprint density at radius 1 is 0.403 bits per heavy atom. The van der Waals surface area contributed by atoms with Crippen LogP contribution >= 0.6 is 7.82 Å². The number of allylic oxidation sites excluding steroid dienone is 8. The van der Waals surface area contributed by atoms with E-state index >= 15 is 0 Å². The zero-order valence-electron chi connectivity index (χ0n) is 51.4. The minimum atomic E-state index is -4.64. The van der Waals surface area contributed by atoms with Crippen molar-refractivity contribution in [2.24, 2.45) is 0 Å². The summed E-state index contributed by atoms with van der Waals surface area (Å²) in [4.78, 5) is 37.9. The normalized spacial score (nSPS) is 13.5. The number of ether oxygens (including phenoxy) is 2. The Bertz CT molecular complexity index is 1440. The zero-order chi connectivity index (χ0) is 56.3. The van der Waals surface area contributed by atoms with Crippen LogP contribution in [-0.4, -0.2) is 70.0 Å². The van der Waals surface area contributed by atoms with Gasteiger partial charge in [0.15, 0.2) is 6.10 Å². The molecule has 0 radical (unpaired) electrons. The van der Waals surface area contributed by atoms with Crippen molar-refractivity contribution >= 4 is 19.8 Å². The van der Waals surface area contributed by atoms with Crippen LogP contribution in [0.1, 0.15) is 316 Å². The van der Waals surface area contributed by atoms with E-state index in [-0.39, 0.29) is 32.0 Å². The third-order valence-corrected chi connectivity index (χ3v) is 15.5. The summed E-state index contributed by atoms with van der Waals surface area (Å²) in [5.41, 5.74) is 0. The Morgan fingerprint density at radius 3 is 1.05 bits per heavy atom. The van der Waals surface area contributed by atoms with Gasteiger partial charge in [0, 0.05) is 12.8 Å². The lowest BCUT2D eigenvalue weighted by Crippen LogP contribution is -2.37. The van der Waals surface area contributed by atoms with Gasteiger partial charge in [0.25, 0.3) is 7.82 Å². The van der Waals surface area contributed by atoms with Crippen molar-refractivity contribution in [3.05, 3.63) is 48.6 Å². The first kappa shape index (κ1) is 75.0. The van der Waals surface area contributed by atoms with E-state index in [1.54, 1.807) is 0 Å². The van der Waals surface area contributed by atoms with Crippen molar-refractivity contribution < 1.29 is 42.1 Å². The van der Waals surface area contributed by atoms with Gasteiger partial charge in [-0.05, 0) is 77.0 Å². The van der Waals surface area contributed by atoms with E-state index in [0.717, 1.165) is 64.2 Å². The topological polar surface area (TPSA) is 111 Å². The molecule has 0 heterocycles. The van der Waals surface area contributed by atoms with Crippen LogP contribution in [0.25, 0.3) is 0 Å². The van der Waals surface area contributed by atoms with Gasteiger partial charge in [-0.1, -0.05) is 274 Å². The molecular formula is C67H126NO8P. The second kappa shape index (κ2) is 58.6. The molecule has 0 fully saturated rings. The van der Waals surface area contributed by atoms with Gasteiger partial charge in [-0.3, -0.25) is 14.2 Å². The highest BCUT2D eigenvalue weighted by Gasteiger charge is 2.22. The number of hydrogen-bond acceptors (Lipinski definition) is 8. The van der Waals surface area contributed by atoms with Crippen LogP contribution in [0.2, 0.25) is 0 Å². The minimum absolute atomic E-state index is 0.0306. The molecule has 2 unspecified atom stereocenters. The standard InChI is InChI=1S/C67H126NO8P/c1-6-8-10-12-14-16-18-20-22-24-25-26-27-28-29-30-31-32-33-34-35-36-37-38-39-40-41-42-43-44-46-48-50-52-54-56-58-60-67(70)76-65(64-75-77(71,72)74-62-61-68(3,4)5)63-73-66(69)59-57-55-53-51-49-47-45-23-21-19-17-15-13-11-9-7-2/h18,20,23-25,27-28,45,65H,6-17,19,21-22,26,29-44,46-64H2,1-5H3/b20-18-,25-24-,28-27-,45-23-. The molecule has 0 rings (SSSR count). The van der Waals surface area contributed by atoms with E-state index in [4.69, 9.17) is 18.5 Å². The maximum absolute atomic E-state index is 12.8. The number of unbranched alkanes of at least 4 members (excludes halogenated alkanes) is 39. The summed E-state index contributed by atoms with van der Waals surface area (Å²) in [6, 6.07) is 0. The molecule has 77 heavy (non-hydrogen) atoms. The maximum atomic E-state index is 12.8. The fraction of sp³-hybridized carbons (Fsp3) is 0.851. The van der Waals surface area contributed by atoms with E-state index in [1.165, 1.54) is 218 Å². The zero-order valence-corrected chi connectivity index (χ0v) is 52.3. The summed E-state index contributed by atoms with van der Waals surface area (Å²) in [6.45, 7) is 4.25. The number of hydrogen-bond donors (Lipinski definition) is 0. The fourth-order valence-electron chi connectivity index (χ4n) is 9.48. The fourth-order valence-corrected chi connectivity index (χ4v) is 10.2. The second-order valence-electron chi connectivity index (χ2n) is 23.5. The van der Waals surface area contributed by atoms with Crippen LogP contribution in [0, 0.1) is 0 Å². The lowest BCUT2D eigenvalue weighted by atomic mass is 10.0. The third kappa shape index (κ3) is 63.0. The monoisotopic (exact) mass is 1100 g/mol. The number of phosphoric ester groups is 1. The molecule has 452 valence electrons. The summed E-state index contributed by atoms with van der Waals surface area (Å²) >= 11 is 0. The van der Waals surface area contributed by atoms with Crippen molar-refractivity contribution in [3.63, 3.8) is 0 Å². The van der Waals surface area contributed by atoms with Gasteiger partial charge in [-0.15, -0.1) is 0 Å². The molecule has 0 spiro atoms. The lowest BCUT2D eigenvalue weighted by Gasteiger charge is -2.28. The summed E-state index contributed by atoms with van der Waals surface area (Å²) in [6.07, 6.45) is 74.8. The first-order valence-electron chi connectivity index (χ1n) is 32.8. The number of carbonyl (C=O) groups is 2. The van der Waals surface area contributed by atoms with Gasteiger partial charge in [-0.2, -0.15) is 0 Å². The predicted octanol–water partition coefficient (Wildman–Crippen LogP) is 20.2. The predicted molar refractivity (Wildman–Crippen MR) is 328 cm³/mol. The molecule has 0 N–H and O–H groups in total. The van der Waals surface area contributed by atoms with Crippen LogP contribution in [0.4, 0.5) is 0 Å². The van der Waals surface area contributed by atoms with E-state index in [0.29, 0.717) is 17.4 Å². The van der Waals surface area contributed by atoms with E-state index in [2.05, 4.69) is 62.5 Å². The molecule has 0 aliphatic heterocycles. The molecule has 0 saturated carbocycles. The lowest BCUT2D eigenvalue weighted by molar-refractivity contribution is -0.870. The molecular weight excluding hydrogens is 978 g/mol. The highest BCUT2D eigenvalue weighted by Crippen LogP contribution is 2.38. The van der Waals surface area contributed by atoms with Crippen LogP contribution in [-0.2, 0) is 32.7 Å². The minimum Gasteiger partial charge on any atom is -0.756 e. The largest absolute Gasteiger partial charge is 0.756 e. The summed E-state index contributed by atoms with van der Waals surface area (Å²) in [5, 5.41) is 0. The average Bonchev–Trinajstić information content (AvgIpc) is 3.39. The maximum Gasteiger partial charge on any atom is 0.306 e. The average molecular weight is 1100 g/mol. The number of nitrogens with zero attached hydrogens (tertiary/aromatic N) is 1. The van der Waals surface area contributed by atoms with Gasteiger partial charge in [-0.25, -0.2) is 0 Å². The second-order valence-corrected chi connectivity index (χ2v) is 24.9. The molecule has 0 amide bonds. The van der Waals surface area contributed by atoms with Gasteiger partial charge >= 0.3 is 11.9 Å². The Hall–Kier alpha value is -2.03. The molecule has 0 saturated heterocycles. The van der Waals surface area contributed by atoms with Gasteiger partial charge < -0.3 is 27.9 Å². The van der Waals surface area contributed by atoms with Crippen molar-refractivity contribution in [1.29, 1.82) is 0 Å². The molecule has 0 aromatic rings. The van der Waals surface area contributed by atoms with Crippen LogP contribution in [0.3, 0.4) is 0 Å². The Kier molecular flexibility index (Phi) is 57.1. The summed E-state index contributed by atoms with van der Waals surface area (Å²) in [5.74, 6) is -0.829. The summed E-state index contributed by atoms with van der Waals surface area (Å²) < 4.78 is 34.2. The summed E-state index contributed by atoms with van der Waals surface area (Å²) in [7, 11) is 1.17. The smallest absolute Gasteiger partial charge is 0.306 e. The first-order chi connectivity index (χ1) is 37.5. The Balaban J connectivity index is 3.95. The molecule has 10 heteroatoms. The molecule has 0 bridgehead atoms. The number of esters is 2. The van der Waals surface area contributed by atoms with E-state index in [1.807, 2.05) is 21.1 Å². The van der Waals surface area contributed by atoms with Crippen molar-refractivity contribution in [2.75, 3.05) is 47.5 Å². The molecule has 0 aliphatic carbocycles. The molecule has 2 atom stereocenters. The van der Waals surface area contributed by atoms with Crippen molar-refractivity contribution in [1.82, 2.24) is 0 Å². The van der Waals surface area contributed by atoms with Crippen molar-refractivity contribution in [2.45, 2.75) is 322 Å². The number of phosphoric acid groups is 1. The molecule has 0 aliphatic rings. The van der Waals surface area contributed by atoms with Gasteiger partial charge in [0.05, 0.1) is 27.7 Å². The SMILES string of the molecule is CCCCCCC/C=C\C/C=C\C/C=C\CCCCCCCCCCCCCCCCCCCCCCCCC(=O)OC(COC(=O)CCCCCCC/C=C\CCCCCCCCC)COP(=O)([O-])OCC[N+](C)(C)C. The molecule has 0 aromatic carbocycles. The van der Waals surface area contributed by atoms with Gasteiger partial charge in [0.1, 0.15) is 19.8 Å². The molecule has 9 nitrogen and oxygen atoms in total. The number of quaternary nitrogens is 1. The third-order valence-electron chi connectivity index (χ3n) is 14.6. The Labute approximate surface area is 477 Å². The van der Waals surface area contributed by atoms with Gasteiger partial charge in [0.2, 0.25) is 0 Å². The number of rotatable bonds is 61. The highest BCUT2D eigenvalue weighted by atomic mass is 31.2. The van der Waals surface area contributed by atoms with Crippen molar-refractivity contribution in [3.8, 4) is 0 Å². The van der Waals surface area contributed by atoms with Crippen LogP contribution < -0.4 is 4.89 Å². The quantitative estimate of drug-likeness (QED) is 0.0195.